The smallest absolute Gasteiger partial charge is 0.475 e. The molecule has 0 aliphatic carbocycles. The topological polar surface area (TPSA) is 136 Å². The number of aryl methyl sites for hydroxylation is 1. The third-order valence-electron chi connectivity index (χ3n) is 4.09. The van der Waals surface area contributed by atoms with Crippen molar-refractivity contribution in [2.45, 2.75) is 30.6 Å². The Kier molecular flexibility index (Phi) is 9.09. The molecule has 0 aliphatic heterocycles. The van der Waals surface area contributed by atoms with E-state index in [-0.39, 0.29) is 22.9 Å². The number of halogens is 7. The second-order valence-electron chi connectivity index (χ2n) is 6.49. The van der Waals surface area contributed by atoms with Gasteiger partial charge in [0.15, 0.2) is 0 Å². The normalized spacial score (nSPS) is 11.8. The van der Waals surface area contributed by atoms with Crippen molar-refractivity contribution in [3.63, 3.8) is 0 Å². The maximum absolute atomic E-state index is 13.6. The molecule has 194 valence electrons. The van der Waals surface area contributed by atoms with Crippen LogP contribution in [0.2, 0.25) is 0 Å². The molecule has 2 aromatic carbocycles. The lowest BCUT2D eigenvalue weighted by atomic mass is 10.1. The van der Waals surface area contributed by atoms with Crippen LogP contribution in [0.4, 0.5) is 42.1 Å². The van der Waals surface area contributed by atoms with Crippen molar-refractivity contribution in [3.8, 4) is 0 Å². The molecule has 0 bridgehead atoms. The number of ether oxygens (including phenoxy) is 1. The molecule has 0 saturated heterocycles. The molecule has 0 unspecified atom stereocenters. The summed E-state index contributed by atoms with van der Waals surface area (Å²) in [5, 5.41) is 7.12. The second-order valence-corrected chi connectivity index (χ2v) is 8.14. The summed E-state index contributed by atoms with van der Waals surface area (Å²) in [5.74, 6) is -5.18. The molecule has 4 N–H and O–H groups in total. The minimum absolute atomic E-state index is 0.0665. The van der Waals surface area contributed by atoms with Gasteiger partial charge >= 0.3 is 24.3 Å². The molecule has 0 radical (unpaired) electrons. The number of hydrogen-bond acceptors (Lipinski definition) is 6. The quantitative estimate of drug-likeness (QED) is 0.297. The van der Waals surface area contributed by atoms with Crippen molar-refractivity contribution in [3.05, 3.63) is 52.8 Å². The molecular weight excluding hydrogens is 517 g/mol. The summed E-state index contributed by atoms with van der Waals surface area (Å²) >= 11 is 0. The lowest BCUT2D eigenvalue weighted by Crippen LogP contribution is -2.21. The summed E-state index contributed by atoms with van der Waals surface area (Å²) in [6, 6.07) is 4.44. The average Bonchev–Trinajstić information content (AvgIpc) is 2.73. The molecule has 0 spiro atoms. The minimum atomic E-state index is -5.08. The number of carboxylic acid groups (broad SMARTS) is 1. The van der Waals surface area contributed by atoms with E-state index in [1.165, 1.54) is 12.1 Å². The Morgan fingerprint density at radius 3 is 2.06 bits per heavy atom. The van der Waals surface area contributed by atoms with Crippen LogP contribution in [0.5, 0.6) is 0 Å². The number of carboxylic acids is 1. The largest absolute Gasteiger partial charge is 0.490 e. The predicted octanol–water partition coefficient (Wildman–Crippen LogP) is 4.21. The molecule has 0 amide bonds. The van der Waals surface area contributed by atoms with Crippen molar-refractivity contribution in [2.75, 3.05) is 17.6 Å². The molecule has 0 heterocycles. The highest BCUT2D eigenvalue weighted by Gasteiger charge is 2.38. The van der Waals surface area contributed by atoms with Gasteiger partial charge in [-0.1, -0.05) is 13.0 Å². The average molecular weight is 534 g/mol. The summed E-state index contributed by atoms with van der Waals surface area (Å²) in [5.41, 5.74) is 2.88. The number of carbonyl (C=O) groups excluding carboxylic acids is 1. The number of nitrogens with one attached hydrogen (secondary N) is 1. The first-order valence-corrected chi connectivity index (χ1v) is 10.5. The van der Waals surface area contributed by atoms with Gasteiger partial charge < -0.3 is 15.6 Å². The molecule has 2 aromatic rings. The molecule has 8 nitrogen and oxygen atoms in total. The highest BCUT2D eigenvalue weighted by atomic mass is 32.2. The summed E-state index contributed by atoms with van der Waals surface area (Å²) in [6.45, 7) is 1.65. The van der Waals surface area contributed by atoms with Gasteiger partial charge in [-0.3, -0.25) is 4.72 Å². The molecular formula is C19H17F7N2O6S. The van der Waals surface area contributed by atoms with E-state index in [1.54, 1.807) is 6.92 Å². The number of carbonyl (C=O) groups is 2. The number of methoxy groups -OCH3 is 1. The fraction of sp³-hybridized carbons (Fsp3) is 0.263. The van der Waals surface area contributed by atoms with E-state index in [0.717, 1.165) is 13.2 Å². The Balaban J connectivity index is 0.000000762. The standard InChI is InChI=1S/C17H16F4N2O4S.C2HF3O2/c1-3-9-4-5-10(16(24)27-2)6-15(9)28(25,26)23-14-7-11(17(19,20)21)12(18)8-13(14)22;3-2(4,5)1(6)7/h4-8,23H,3,22H2,1-2H3;(H,6,7). The van der Waals surface area contributed by atoms with Crippen LogP contribution in [0.3, 0.4) is 0 Å². The Morgan fingerprint density at radius 1 is 1.09 bits per heavy atom. The number of alkyl halides is 6. The van der Waals surface area contributed by atoms with Gasteiger partial charge in [-0.15, -0.1) is 0 Å². The number of esters is 1. The second kappa shape index (κ2) is 10.8. The van der Waals surface area contributed by atoms with Crippen LogP contribution in [-0.4, -0.2) is 38.7 Å². The molecule has 2 rings (SSSR count). The van der Waals surface area contributed by atoms with Gasteiger partial charge in [-0.2, -0.15) is 26.3 Å². The maximum atomic E-state index is 13.6. The number of anilines is 2. The minimum Gasteiger partial charge on any atom is -0.475 e. The molecule has 0 aromatic heterocycles. The van der Waals surface area contributed by atoms with Gasteiger partial charge in [0.2, 0.25) is 0 Å². The van der Waals surface area contributed by atoms with Gasteiger partial charge in [0.05, 0.1) is 34.5 Å². The first-order valence-electron chi connectivity index (χ1n) is 9.05. The van der Waals surface area contributed by atoms with Crippen LogP contribution >= 0.6 is 0 Å². The summed E-state index contributed by atoms with van der Waals surface area (Å²) in [7, 11) is -3.33. The van der Waals surface area contributed by atoms with Crippen molar-refractivity contribution in [1.29, 1.82) is 0 Å². The van der Waals surface area contributed by atoms with E-state index in [2.05, 4.69) is 4.74 Å². The number of hydrogen-bond donors (Lipinski definition) is 3. The van der Waals surface area contributed by atoms with Gasteiger partial charge in [-0.05, 0) is 36.2 Å². The lowest BCUT2D eigenvalue weighted by molar-refractivity contribution is -0.192. The van der Waals surface area contributed by atoms with Crippen LogP contribution in [0.15, 0.2) is 35.2 Å². The molecule has 0 atom stereocenters. The van der Waals surface area contributed by atoms with E-state index >= 15 is 0 Å². The fourth-order valence-electron chi connectivity index (χ4n) is 2.44. The highest BCUT2D eigenvalue weighted by Crippen LogP contribution is 2.36. The Bertz CT molecular complexity index is 1210. The maximum Gasteiger partial charge on any atom is 0.490 e. The first kappa shape index (κ1) is 29.5. The van der Waals surface area contributed by atoms with Gasteiger partial charge in [0.25, 0.3) is 10.0 Å². The summed E-state index contributed by atoms with van der Waals surface area (Å²) < 4.78 is 116. The zero-order chi connectivity index (χ0) is 27.4. The number of benzene rings is 2. The molecule has 0 fully saturated rings. The Labute approximate surface area is 193 Å². The van der Waals surface area contributed by atoms with Gasteiger partial charge in [-0.25, -0.2) is 22.4 Å². The van der Waals surface area contributed by atoms with E-state index in [9.17, 15) is 43.9 Å². The zero-order valence-electron chi connectivity index (χ0n) is 17.7. The number of aliphatic carboxylic acids is 1. The van der Waals surface area contributed by atoms with Crippen LogP contribution in [-0.2, 0) is 32.2 Å². The lowest BCUT2D eigenvalue weighted by Gasteiger charge is -2.16. The van der Waals surface area contributed by atoms with Crippen molar-refractivity contribution < 1.29 is 58.6 Å². The van der Waals surface area contributed by atoms with E-state index in [0.29, 0.717) is 11.6 Å². The molecule has 16 heteroatoms. The fourth-order valence-corrected chi connectivity index (χ4v) is 3.85. The SMILES string of the molecule is CCc1ccc(C(=O)OC)cc1S(=O)(=O)Nc1cc(C(F)(F)F)c(F)cc1N.O=C(O)C(F)(F)F. The van der Waals surface area contributed by atoms with Crippen molar-refractivity contribution in [2.24, 2.45) is 0 Å². The monoisotopic (exact) mass is 534 g/mol. The van der Waals surface area contributed by atoms with Crippen molar-refractivity contribution in [1.82, 2.24) is 0 Å². The summed E-state index contributed by atoms with van der Waals surface area (Å²) in [4.78, 5) is 20.2. The Morgan fingerprint density at radius 2 is 1.63 bits per heavy atom. The third-order valence-corrected chi connectivity index (χ3v) is 5.54. The first-order chi connectivity index (χ1) is 15.8. The number of rotatable bonds is 5. The van der Waals surface area contributed by atoms with E-state index in [4.69, 9.17) is 15.6 Å². The zero-order valence-corrected chi connectivity index (χ0v) is 18.5. The molecule has 35 heavy (non-hydrogen) atoms. The van der Waals surface area contributed by atoms with Crippen LogP contribution < -0.4 is 10.5 Å². The van der Waals surface area contributed by atoms with E-state index < -0.39 is 57.1 Å². The summed E-state index contributed by atoms with van der Waals surface area (Å²) in [6.07, 6.45) is -9.87. The molecule has 0 aliphatic rings. The number of nitrogens with two attached hydrogens (primary N) is 1. The molecule has 0 saturated carbocycles. The Hall–Kier alpha value is -3.56. The van der Waals surface area contributed by atoms with Gasteiger partial charge in [0, 0.05) is 0 Å². The van der Waals surface area contributed by atoms with E-state index in [1.807, 2.05) is 4.72 Å². The van der Waals surface area contributed by atoms with Crippen molar-refractivity contribution >= 4 is 33.3 Å². The number of sulfonamides is 1. The predicted molar refractivity (Wildman–Crippen MR) is 107 cm³/mol. The number of nitrogen functional groups attached to an aromatic ring is 1. The van der Waals surface area contributed by atoms with Gasteiger partial charge in [0.1, 0.15) is 5.82 Å². The highest BCUT2D eigenvalue weighted by molar-refractivity contribution is 7.92. The van der Waals surface area contributed by atoms with Crippen LogP contribution in [0.1, 0.15) is 28.4 Å². The third kappa shape index (κ3) is 7.73. The van der Waals surface area contributed by atoms with Crippen LogP contribution in [0, 0.1) is 5.82 Å². The van der Waals surface area contributed by atoms with Crippen LogP contribution in [0.25, 0.3) is 0 Å².